The summed E-state index contributed by atoms with van der Waals surface area (Å²) in [6.45, 7) is 10.2. The number of hydrogen-bond acceptors (Lipinski definition) is 2. The van der Waals surface area contributed by atoms with Crippen molar-refractivity contribution in [2.45, 2.75) is 52.5 Å². The number of hydrogen-bond donors (Lipinski definition) is 1. The molecule has 1 unspecified atom stereocenters. The Morgan fingerprint density at radius 3 is 2.50 bits per heavy atom. The normalized spacial score (nSPS) is 26.1. The Morgan fingerprint density at radius 1 is 1.21 bits per heavy atom. The summed E-state index contributed by atoms with van der Waals surface area (Å²) in [6, 6.07) is 0.730. The lowest BCUT2D eigenvalue weighted by atomic mass is 9.83. The quantitative estimate of drug-likeness (QED) is 0.737. The summed E-state index contributed by atoms with van der Waals surface area (Å²) in [4.78, 5) is 2.60. The molecule has 84 valence electrons. The molecule has 2 N–H and O–H groups in total. The van der Waals surface area contributed by atoms with E-state index in [0.717, 1.165) is 19.1 Å². The van der Waals surface area contributed by atoms with Gasteiger partial charge in [0.15, 0.2) is 0 Å². The van der Waals surface area contributed by atoms with Crippen LogP contribution in [0.1, 0.15) is 46.5 Å². The van der Waals surface area contributed by atoms with Crippen molar-refractivity contribution >= 4 is 0 Å². The highest BCUT2D eigenvalue weighted by molar-refractivity contribution is 4.85. The van der Waals surface area contributed by atoms with Gasteiger partial charge in [-0.2, -0.15) is 0 Å². The van der Waals surface area contributed by atoms with Gasteiger partial charge in [-0.1, -0.05) is 33.6 Å². The molecular weight excluding hydrogens is 172 g/mol. The fourth-order valence-corrected chi connectivity index (χ4v) is 2.58. The molecule has 0 bridgehead atoms. The third kappa shape index (κ3) is 3.25. The maximum absolute atomic E-state index is 5.67. The van der Waals surface area contributed by atoms with E-state index in [0.29, 0.717) is 5.41 Å². The van der Waals surface area contributed by atoms with Crippen LogP contribution in [0.2, 0.25) is 0 Å². The minimum atomic E-state index is 0.402. The molecule has 1 saturated heterocycles. The van der Waals surface area contributed by atoms with Gasteiger partial charge < -0.3 is 5.73 Å². The highest BCUT2D eigenvalue weighted by Gasteiger charge is 2.30. The fourth-order valence-electron chi connectivity index (χ4n) is 2.58. The molecule has 0 aliphatic carbocycles. The lowest BCUT2D eigenvalue weighted by Gasteiger charge is -2.39. The van der Waals surface area contributed by atoms with Crippen LogP contribution in [-0.2, 0) is 0 Å². The Labute approximate surface area is 88.8 Å². The second kappa shape index (κ2) is 5.13. The summed E-state index contributed by atoms with van der Waals surface area (Å²) in [6.07, 6.45) is 5.49. The van der Waals surface area contributed by atoms with Gasteiger partial charge in [-0.15, -0.1) is 0 Å². The standard InChI is InChI=1S/C12H26N2/c1-12(2,3)11-7-5-4-6-9-14(11)10-8-13/h11H,4-10,13H2,1-3H3. The van der Waals surface area contributed by atoms with E-state index in [4.69, 9.17) is 5.73 Å². The Balaban J connectivity index is 2.64. The zero-order valence-electron chi connectivity index (χ0n) is 10.1. The van der Waals surface area contributed by atoms with Crippen molar-refractivity contribution in [1.29, 1.82) is 0 Å². The van der Waals surface area contributed by atoms with Gasteiger partial charge in [0.25, 0.3) is 0 Å². The van der Waals surface area contributed by atoms with E-state index in [1.165, 1.54) is 32.2 Å². The van der Waals surface area contributed by atoms with Crippen molar-refractivity contribution in [2.75, 3.05) is 19.6 Å². The third-order valence-electron chi connectivity index (χ3n) is 3.28. The van der Waals surface area contributed by atoms with Crippen LogP contribution in [0.5, 0.6) is 0 Å². The van der Waals surface area contributed by atoms with E-state index in [9.17, 15) is 0 Å². The Hall–Kier alpha value is -0.0800. The first-order valence-corrected chi connectivity index (χ1v) is 6.00. The topological polar surface area (TPSA) is 29.3 Å². The first kappa shape index (κ1) is 12.0. The van der Waals surface area contributed by atoms with E-state index < -0.39 is 0 Å². The van der Waals surface area contributed by atoms with Gasteiger partial charge in [0.05, 0.1) is 0 Å². The van der Waals surface area contributed by atoms with Crippen molar-refractivity contribution in [3.05, 3.63) is 0 Å². The number of nitrogens with two attached hydrogens (primary N) is 1. The van der Waals surface area contributed by atoms with Gasteiger partial charge in [0.2, 0.25) is 0 Å². The van der Waals surface area contributed by atoms with E-state index >= 15 is 0 Å². The molecule has 1 atom stereocenters. The minimum absolute atomic E-state index is 0.402. The highest BCUT2D eigenvalue weighted by atomic mass is 15.2. The lowest BCUT2D eigenvalue weighted by Crippen LogP contribution is -2.45. The molecule has 14 heavy (non-hydrogen) atoms. The summed E-state index contributed by atoms with van der Waals surface area (Å²) in [5, 5.41) is 0. The summed E-state index contributed by atoms with van der Waals surface area (Å²) < 4.78 is 0. The molecule has 0 spiro atoms. The van der Waals surface area contributed by atoms with Crippen LogP contribution in [0.15, 0.2) is 0 Å². The van der Waals surface area contributed by atoms with Crippen LogP contribution in [-0.4, -0.2) is 30.6 Å². The van der Waals surface area contributed by atoms with Crippen LogP contribution in [0.3, 0.4) is 0 Å². The number of likely N-dealkylation sites (tertiary alicyclic amines) is 1. The number of nitrogens with zero attached hydrogens (tertiary/aromatic N) is 1. The monoisotopic (exact) mass is 198 g/mol. The summed E-state index contributed by atoms with van der Waals surface area (Å²) in [5.41, 5.74) is 6.08. The van der Waals surface area contributed by atoms with E-state index in [1.807, 2.05) is 0 Å². The van der Waals surface area contributed by atoms with Crippen LogP contribution >= 0.6 is 0 Å². The summed E-state index contributed by atoms with van der Waals surface area (Å²) in [7, 11) is 0. The summed E-state index contributed by atoms with van der Waals surface area (Å²) >= 11 is 0. The molecule has 0 aromatic rings. The SMILES string of the molecule is CC(C)(C)C1CCCCCN1CCN. The predicted octanol–water partition coefficient (Wildman–Crippen LogP) is 2.24. The minimum Gasteiger partial charge on any atom is -0.329 e. The molecule has 2 heteroatoms. The average Bonchev–Trinajstić information content (AvgIpc) is 2.29. The van der Waals surface area contributed by atoms with Gasteiger partial charge in [-0.25, -0.2) is 0 Å². The molecule has 0 saturated carbocycles. The Morgan fingerprint density at radius 2 is 1.93 bits per heavy atom. The highest BCUT2D eigenvalue weighted by Crippen LogP contribution is 2.30. The van der Waals surface area contributed by atoms with Crippen molar-refractivity contribution in [3.8, 4) is 0 Å². The largest absolute Gasteiger partial charge is 0.329 e. The van der Waals surface area contributed by atoms with E-state index in [-0.39, 0.29) is 0 Å². The van der Waals surface area contributed by atoms with E-state index in [2.05, 4.69) is 25.7 Å². The zero-order valence-corrected chi connectivity index (χ0v) is 10.1. The van der Waals surface area contributed by atoms with Gasteiger partial charge in [0.1, 0.15) is 0 Å². The van der Waals surface area contributed by atoms with Gasteiger partial charge in [0, 0.05) is 19.1 Å². The zero-order chi connectivity index (χ0) is 10.6. The molecule has 0 radical (unpaired) electrons. The molecule has 1 rings (SSSR count). The molecule has 0 aromatic carbocycles. The molecule has 1 aliphatic rings. The van der Waals surface area contributed by atoms with Gasteiger partial charge in [-0.05, 0) is 24.8 Å². The van der Waals surface area contributed by atoms with Crippen LogP contribution < -0.4 is 5.73 Å². The second-order valence-corrected chi connectivity index (χ2v) is 5.56. The van der Waals surface area contributed by atoms with Gasteiger partial charge in [-0.3, -0.25) is 4.90 Å². The van der Waals surface area contributed by atoms with Crippen molar-refractivity contribution < 1.29 is 0 Å². The van der Waals surface area contributed by atoms with Crippen LogP contribution in [0, 0.1) is 5.41 Å². The van der Waals surface area contributed by atoms with Crippen LogP contribution in [0.4, 0.5) is 0 Å². The molecule has 1 aliphatic heterocycles. The first-order chi connectivity index (χ1) is 6.55. The van der Waals surface area contributed by atoms with Crippen molar-refractivity contribution in [1.82, 2.24) is 4.90 Å². The van der Waals surface area contributed by atoms with Crippen molar-refractivity contribution in [3.63, 3.8) is 0 Å². The molecule has 0 aromatic heterocycles. The molecule has 0 amide bonds. The number of rotatable bonds is 2. The molecule has 1 heterocycles. The molecular formula is C12H26N2. The fraction of sp³-hybridized carbons (Fsp3) is 1.00. The lowest BCUT2D eigenvalue weighted by molar-refractivity contribution is 0.103. The smallest absolute Gasteiger partial charge is 0.0144 e. The predicted molar refractivity (Wildman–Crippen MR) is 62.3 cm³/mol. The van der Waals surface area contributed by atoms with Crippen LogP contribution in [0.25, 0.3) is 0 Å². The second-order valence-electron chi connectivity index (χ2n) is 5.56. The average molecular weight is 198 g/mol. The maximum atomic E-state index is 5.67. The van der Waals surface area contributed by atoms with Gasteiger partial charge >= 0.3 is 0 Å². The maximum Gasteiger partial charge on any atom is 0.0144 e. The Bertz CT molecular complexity index is 160. The summed E-state index contributed by atoms with van der Waals surface area (Å²) in [5.74, 6) is 0. The third-order valence-corrected chi connectivity index (χ3v) is 3.28. The van der Waals surface area contributed by atoms with E-state index in [1.54, 1.807) is 0 Å². The first-order valence-electron chi connectivity index (χ1n) is 6.00. The van der Waals surface area contributed by atoms with Crippen molar-refractivity contribution in [2.24, 2.45) is 11.1 Å². The molecule has 1 fully saturated rings. The Kier molecular flexibility index (Phi) is 4.39. The molecule has 2 nitrogen and oxygen atoms in total.